The van der Waals surface area contributed by atoms with Crippen molar-refractivity contribution in [3.05, 3.63) is 0 Å². The van der Waals surface area contributed by atoms with Gasteiger partial charge in [0.25, 0.3) is 0 Å². The molecular weight excluding hydrogens is 130 g/mol. The summed E-state index contributed by atoms with van der Waals surface area (Å²) in [5.41, 5.74) is 0. The van der Waals surface area contributed by atoms with Crippen LogP contribution in [-0.2, 0) is 4.79 Å². The van der Waals surface area contributed by atoms with Crippen LogP contribution in [0, 0.1) is 5.92 Å². The SMILES string of the molecule is CC[C@H]1C(=O)N[C@@H]1CCO. The van der Waals surface area contributed by atoms with Crippen molar-refractivity contribution in [2.45, 2.75) is 25.8 Å². The maximum absolute atomic E-state index is 10.8. The lowest BCUT2D eigenvalue weighted by atomic mass is 9.86. The molecule has 0 unspecified atom stereocenters. The molecule has 0 aromatic carbocycles. The molecule has 10 heavy (non-hydrogen) atoms. The first kappa shape index (κ1) is 7.54. The van der Waals surface area contributed by atoms with Gasteiger partial charge in [0.2, 0.25) is 5.91 Å². The maximum atomic E-state index is 10.8. The fourth-order valence-electron chi connectivity index (χ4n) is 1.36. The minimum Gasteiger partial charge on any atom is -0.396 e. The molecule has 2 N–H and O–H groups in total. The van der Waals surface area contributed by atoms with Crippen LogP contribution < -0.4 is 5.32 Å². The van der Waals surface area contributed by atoms with E-state index in [1.54, 1.807) is 0 Å². The van der Waals surface area contributed by atoms with Crippen molar-refractivity contribution in [1.82, 2.24) is 5.32 Å². The molecule has 3 nitrogen and oxygen atoms in total. The van der Waals surface area contributed by atoms with Crippen molar-refractivity contribution in [3.63, 3.8) is 0 Å². The van der Waals surface area contributed by atoms with Gasteiger partial charge in [0, 0.05) is 12.6 Å². The lowest BCUT2D eigenvalue weighted by Crippen LogP contribution is -2.58. The molecular formula is C7H13NO2. The van der Waals surface area contributed by atoms with Gasteiger partial charge in [0.1, 0.15) is 0 Å². The molecule has 0 saturated carbocycles. The molecule has 0 spiro atoms. The monoisotopic (exact) mass is 143 g/mol. The van der Waals surface area contributed by atoms with Crippen molar-refractivity contribution < 1.29 is 9.90 Å². The van der Waals surface area contributed by atoms with Gasteiger partial charge in [-0.1, -0.05) is 6.92 Å². The second-order valence-electron chi connectivity index (χ2n) is 2.64. The van der Waals surface area contributed by atoms with E-state index in [4.69, 9.17) is 5.11 Å². The van der Waals surface area contributed by atoms with Gasteiger partial charge in [-0.2, -0.15) is 0 Å². The van der Waals surface area contributed by atoms with Crippen molar-refractivity contribution >= 4 is 5.91 Å². The summed E-state index contributed by atoms with van der Waals surface area (Å²) in [5.74, 6) is 0.299. The van der Waals surface area contributed by atoms with E-state index in [-0.39, 0.29) is 24.5 Å². The molecule has 3 heteroatoms. The number of hydrogen-bond donors (Lipinski definition) is 2. The molecule has 1 rings (SSSR count). The van der Waals surface area contributed by atoms with Crippen LogP contribution in [0.3, 0.4) is 0 Å². The van der Waals surface area contributed by atoms with Crippen LogP contribution in [-0.4, -0.2) is 23.7 Å². The first-order chi connectivity index (χ1) is 4.79. The average Bonchev–Trinajstić information content (AvgIpc) is 1.88. The van der Waals surface area contributed by atoms with Crippen LogP contribution in [0.5, 0.6) is 0 Å². The lowest BCUT2D eigenvalue weighted by Gasteiger charge is -2.35. The Hall–Kier alpha value is -0.570. The molecule has 0 bridgehead atoms. The summed E-state index contributed by atoms with van der Waals surface area (Å²) in [5, 5.41) is 11.3. The van der Waals surface area contributed by atoms with Crippen molar-refractivity contribution in [3.8, 4) is 0 Å². The average molecular weight is 143 g/mol. The zero-order valence-corrected chi connectivity index (χ0v) is 6.13. The minimum atomic E-state index is 0.140. The minimum absolute atomic E-state index is 0.140. The van der Waals surface area contributed by atoms with Crippen LogP contribution in [0.15, 0.2) is 0 Å². The van der Waals surface area contributed by atoms with Gasteiger partial charge in [0.05, 0.1) is 5.92 Å². The van der Waals surface area contributed by atoms with E-state index >= 15 is 0 Å². The number of carbonyl (C=O) groups excluding carboxylic acids is 1. The summed E-state index contributed by atoms with van der Waals surface area (Å²) in [6.07, 6.45) is 1.58. The summed E-state index contributed by atoms with van der Waals surface area (Å²) in [4.78, 5) is 10.8. The summed E-state index contributed by atoms with van der Waals surface area (Å²) in [6, 6.07) is 0.238. The fourth-order valence-corrected chi connectivity index (χ4v) is 1.36. The van der Waals surface area contributed by atoms with E-state index in [9.17, 15) is 4.79 Å². The van der Waals surface area contributed by atoms with E-state index in [2.05, 4.69) is 5.32 Å². The molecule has 1 heterocycles. The van der Waals surface area contributed by atoms with E-state index in [1.165, 1.54) is 0 Å². The standard InChI is InChI=1S/C7H13NO2/c1-2-5-6(3-4-9)8-7(5)10/h5-6,9H,2-4H2,1H3,(H,8,10)/t5-,6-/m1/s1. The number of nitrogens with one attached hydrogen (secondary N) is 1. The van der Waals surface area contributed by atoms with Crippen molar-refractivity contribution in [2.75, 3.05) is 6.61 Å². The van der Waals surface area contributed by atoms with Gasteiger partial charge < -0.3 is 10.4 Å². The molecule has 0 aromatic rings. The summed E-state index contributed by atoms with van der Waals surface area (Å²) < 4.78 is 0. The molecule has 0 aliphatic carbocycles. The molecule has 1 aliphatic rings. The topological polar surface area (TPSA) is 49.3 Å². The molecule has 1 amide bonds. The Morgan fingerprint density at radius 3 is 2.80 bits per heavy atom. The zero-order valence-electron chi connectivity index (χ0n) is 6.13. The number of hydrogen-bond acceptors (Lipinski definition) is 2. The quantitative estimate of drug-likeness (QED) is 0.542. The van der Waals surface area contributed by atoms with Gasteiger partial charge >= 0.3 is 0 Å². The van der Waals surface area contributed by atoms with Crippen LogP contribution in [0.2, 0.25) is 0 Å². The number of aliphatic hydroxyl groups is 1. The second kappa shape index (κ2) is 3.01. The van der Waals surface area contributed by atoms with Gasteiger partial charge in [-0.3, -0.25) is 4.79 Å². The lowest BCUT2D eigenvalue weighted by molar-refractivity contribution is -0.135. The van der Waals surface area contributed by atoms with Crippen LogP contribution in [0.25, 0.3) is 0 Å². The van der Waals surface area contributed by atoms with E-state index in [0.29, 0.717) is 6.42 Å². The predicted molar refractivity (Wildman–Crippen MR) is 37.4 cm³/mol. The van der Waals surface area contributed by atoms with E-state index < -0.39 is 0 Å². The highest BCUT2D eigenvalue weighted by Gasteiger charge is 2.36. The first-order valence-electron chi connectivity index (χ1n) is 3.70. The summed E-state index contributed by atoms with van der Waals surface area (Å²) >= 11 is 0. The normalized spacial score (nSPS) is 31.2. The number of carbonyl (C=O) groups is 1. The van der Waals surface area contributed by atoms with Crippen LogP contribution in [0.1, 0.15) is 19.8 Å². The Bertz CT molecular complexity index is 136. The molecule has 0 aromatic heterocycles. The van der Waals surface area contributed by atoms with Gasteiger partial charge in [-0.15, -0.1) is 0 Å². The summed E-state index contributed by atoms with van der Waals surface area (Å²) in [6.45, 7) is 2.16. The smallest absolute Gasteiger partial charge is 0.225 e. The molecule has 2 atom stereocenters. The summed E-state index contributed by atoms with van der Waals surface area (Å²) in [7, 11) is 0. The molecule has 0 radical (unpaired) electrons. The third-order valence-electron chi connectivity index (χ3n) is 2.03. The molecule has 1 fully saturated rings. The van der Waals surface area contributed by atoms with Gasteiger partial charge in [-0.05, 0) is 12.8 Å². The highest BCUT2D eigenvalue weighted by Crippen LogP contribution is 2.20. The largest absolute Gasteiger partial charge is 0.396 e. The van der Waals surface area contributed by atoms with Crippen molar-refractivity contribution in [1.29, 1.82) is 0 Å². The van der Waals surface area contributed by atoms with Gasteiger partial charge in [0.15, 0.2) is 0 Å². The Morgan fingerprint density at radius 1 is 1.70 bits per heavy atom. The second-order valence-corrected chi connectivity index (χ2v) is 2.64. The number of amides is 1. The molecule has 58 valence electrons. The number of rotatable bonds is 3. The number of β-lactam (4-membered cyclic amide) rings is 1. The maximum Gasteiger partial charge on any atom is 0.225 e. The fraction of sp³-hybridized carbons (Fsp3) is 0.857. The van der Waals surface area contributed by atoms with Crippen LogP contribution in [0.4, 0.5) is 0 Å². The molecule has 1 aliphatic heterocycles. The van der Waals surface area contributed by atoms with Crippen LogP contribution >= 0.6 is 0 Å². The first-order valence-corrected chi connectivity index (χ1v) is 3.70. The Balaban J connectivity index is 2.30. The Morgan fingerprint density at radius 2 is 2.40 bits per heavy atom. The Kier molecular flexibility index (Phi) is 2.27. The third kappa shape index (κ3) is 1.14. The highest BCUT2D eigenvalue weighted by atomic mass is 16.3. The predicted octanol–water partition coefficient (Wildman–Crippen LogP) is -0.107. The van der Waals surface area contributed by atoms with Gasteiger partial charge in [-0.25, -0.2) is 0 Å². The number of aliphatic hydroxyl groups excluding tert-OH is 1. The van der Waals surface area contributed by atoms with E-state index in [0.717, 1.165) is 6.42 Å². The molecule has 1 saturated heterocycles. The zero-order chi connectivity index (χ0) is 7.56. The Labute approximate surface area is 60.4 Å². The van der Waals surface area contributed by atoms with Crippen molar-refractivity contribution in [2.24, 2.45) is 5.92 Å². The third-order valence-corrected chi connectivity index (χ3v) is 2.03. The highest BCUT2D eigenvalue weighted by molar-refractivity contribution is 5.85. The van der Waals surface area contributed by atoms with E-state index in [1.807, 2.05) is 6.92 Å².